The number of benzene rings is 1. The summed E-state index contributed by atoms with van der Waals surface area (Å²) < 4.78 is 11.4. The van der Waals surface area contributed by atoms with E-state index in [0.29, 0.717) is 13.2 Å². The average molecular weight is 272 g/mol. The van der Waals surface area contributed by atoms with E-state index in [0.717, 1.165) is 16.0 Å². The summed E-state index contributed by atoms with van der Waals surface area (Å²) in [6.07, 6.45) is 3.74. The Hall–Kier alpha value is -1.00. The van der Waals surface area contributed by atoms with E-state index >= 15 is 0 Å². The average Bonchev–Trinajstić information content (AvgIpc) is 2.26. The summed E-state index contributed by atoms with van der Waals surface area (Å²) in [6, 6.07) is 5.58. The number of hydrogen-bond acceptors (Lipinski definition) is 3. The second-order valence-corrected chi connectivity index (χ2v) is 3.67. The lowest BCUT2D eigenvalue weighted by molar-refractivity contribution is 0.358. The highest BCUT2D eigenvalue weighted by molar-refractivity contribution is 9.10. The monoisotopic (exact) mass is 271 g/mol. The smallest absolute Gasteiger partial charge is 0.134 e. The lowest BCUT2D eigenvalue weighted by Crippen LogP contribution is -1.97. The minimum absolute atomic E-state index is 0.516. The molecule has 4 heteroatoms. The van der Waals surface area contributed by atoms with Crippen LogP contribution in [0.3, 0.4) is 0 Å². The molecule has 0 saturated carbocycles. The van der Waals surface area contributed by atoms with Crippen molar-refractivity contribution in [1.82, 2.24) is 0 Å². The lowest BCUT2D eigenvalue weighted by atomic mass is 10.3. The molecule has 0 aliphatic heterocycles. The van der Waals surface area contributed by atoms with Crippen molar-refractivity contribution in [2.45, 2.75) is 0 Å². The van der Waals surface area contributed by atoms with Crippen molar-refractivity contribution >= 4 is 15.9 Å². The Labute approximate surface area is 98.0 Å². The first kappa shape index (κ1) is 12.1. The van der Waals surface area contributed by atoms with Gasteiger partial charge in [0.1, 0.15) is 18.1 Å². The van der Waals surface area contributed by atoms with Crippen LogP contribution in [0.15, 0.2) is 34.8 Å². The van der Waals surface area contributed by atoms with Crippen LogP contribution >= 0.6 is 15.9 Å². The van der Waals surface area contributed by atoms with E-state index in [1.807, 2.05) is 30.4 Å². The van der Waals surface area contributed by atoms with Crippen molar-refractivity contribution in [3.63, 3.8) is 0 Å². The summed E-state index contributed by atoms with van der Waals surface area (Å²) in [5, 5.41) is 0. The SMILES string of the molecule is COc1ccc(OC/C=C/CN)c(Br)c1. The molecule has 1 aromatic rings. The van der Waals surface area contributed by atoms with E-state index in [4.69, 9.17) is 15.2 Å². The van der Waals surface area contributed by atoms with Gasteiger partial charge >= 0.3 is 0 Å². The number of halogens is 1. The number of nitrogens with two attached hydrogens (primary N) is 1. The van der Waals surface area contributed by atoms with Gasteiger partial charge in [-0.3, -0.25) is 0 Å². The first-order valence-electron chi connectivity index (χ1n) is 4.59. The Balaban J connectivity index is 2.58. The Morgan fingerprint density at radius 1 is 1.40 bits per heavy atom. The van der Waals surface area contributed by atoms with Gasteiger partial charge in [0.25, 0.3) is 0 Å². The largest absolute Gasteiger partial charge is 0.497 e. The van der Waals surface area contributed by atoms with E-state index in [9.17, 15) is 0 Å². The van der Waals surface area contributed by atoms with E-state index in [1.54, 1.807) is 7.11 Å². The molecule has 0 aromatic heterocycles. The molecule has 1 rings (SSSR count). The van der Waals surface area contributed by atoms with Gasteiger partial charge in [0.05, 0.1) is 11.6 Å². The Morgan fingerprint density at radius 2 is 2.20 bits per heavy atom. The van der Waals surface area contributed by atoms with Gasteiger partial charge in [-0.25, -0.2) is 0 Å². The molecule has 15 heavy (non-hydrogen) atoms. The zero-order chi connectivity index (χ0) is 11.1. The standard InChI is InChI=1S/C11H14BrNO2/c1-14-9-4-5-11(10(12)8-9)15-7-3-2-6-13/h2-5,8H,6-7,13H2,1H3/b3-2+. The number of hydrogen-bond donors (Lipinski definition) is 1. The molecule has 0 bridgehead atoms. The lowest BCUT2D eigenvalue weighted by Gasteiger charge is -2.07. The topological polar surface area (TPSA) is 44.5 Å². The fourth-order valence-corrected chi connectivity index (χ4v) is 1.50. The van der Waals surface area contributed by atoms with E-state index in [-0.39, 0.29) is 0 Å². The molecule has 0 aliphatic rings. The highest BCUT2D eigenvalue weighted by Gasteiger charge is 2.01. The molecule has 0 amide bonds. The fourth-order valence-electron chi connectivity index (χ4n) is 1.03. The summed E-state index contributed by atoms with van der Waals surface area (Å²) in [5.74, 6) is 1.59. The second-order valence-electron chi connectivity index (χ2n) is 2.81. The number of rotatable bonds is 5. The zero-order valence-corrected chi connectivity index (χ0v) is 10.2. The maximum Gasteiger partial charge on any atom is 0.134 e. The van der Waals surface area contributed by atoms with Crippen LogP contribution in [0.5, 0.6) is 11.5 Å². The van der Waals surface area contributed by atoms with Gasteiger partial charge in [0.15, 0.2) is 0 Å². The van der Waals surface area contributed by atoms with Gasteiger partial charge in [-0.15, -0.1) is 0 Å². The van der Waals surface area contributed by atoms with Crippen LogP contribution in [0.4, 0.5) is 0 Å². The molecule has 0 radical (unpaired) electrons. The van der Waals surface area contributed by atoms with Crippen LogP contribution < -0.4 is 15.2 Å². The number of ether oxygens (including phenoxy) is 2. The van der Waals surface area contributed by atoms with Crippen molar-refractivity contribution in [2.75, 3.05) is 20.3 Å². The maximum atomic E-state index is 5.49. The van der Waals surface area contributed by atoms with Crippen molar-refractivity contribution in [2.24, 2.45) is 5.73 Å². The van der Waals surface area contributed by atoms with Crippen molar-refractivity contribution in [1.29, 1.82) is 0 Å². The summed E-state index contributed by atoms with van der Waals surface area (Å²) in [6.45, 7) is 1.05. The highest BCUT2D eigenvalue weighted by atomic mass is 79.9. The van der Waals surface area contributed by atoms with Crippen LogP contribution in [0.1, 0.15) is 0 Å². The summed E-state index contributed by atoms with van der Waals surface area (Å²) in [5.41, 5.74) is 5.31. The molecular formula is C11H14BrNO2. The maximum absolute atomic E-state index is 5.49. The highest BCUT2D eigenvalue weighted by Crippen LogP contribution is 2.28. The van der Waals surface area contributed by atoms with Gasteiger partial charge in [0.2, 0.25) is 0 Å². The minimum atomic E-state index is 0.516. The Kier molecular flexibility index (Phi) is 5.21. The van der Waals surface area contributed by atoms with Crippen molar-refractivity contribution in [3.8, 4) is 11.5 Å². The zero-order valence-electron chi connectivity index (χ0n) is 8.57. The third-order valence-corrected chi connectivity index (χ3v) is 2.40. The molecule has 3 nitrogen and oxygen atoms in total. The Morgan fingerprint density at radius 3 is 2.80 bits per heavy atom. The van der Waals surface area contributed by atoms with Gasteiger partial charge in [-0.1, -0.05) is 12.2 Å². The summed E-state index contributed by atoms with van der Waals surface area (Å²) >= 11 is 3.40. The third-order valence-electron chi connectivity index (χ3n) is 1.78. The van der Waals surface area contributed by atoms with Gasteiger partial charge in [0, 0.05) is 6.54 Å². The predicted molar refractivity (Wildman–Crippen MR) is 64.4 cm³/mol. The van der Waals surface area contributed by atoms with Crippen LogP contribution in [0.2, 0.25) is 0 Å². The van der Waals surface area contributed by atoms with E-state index in [2.05, 4.69) is 15.9 Å². The van der Waals surface area contributed by atoms with Gasteiger partial charge in [-0.2, -0.15) is 0 Å². The number of methoxy groups -OCH3 is 1. The first-order chi connectivity index (χ1) is 7.27. The van der Waals surface area contributed by atoms with Crippen LogP contribution in [0.25, 0.3) is 0 Å². The molecule has 0 spiro atoms. The molecule has 0 fully saturated rings. The van der Waals surface area contributed by atoms with Crippen LogP contribution in [-0.2, 0) is 0 Å². The molecule has 82 valence electrons. The van der Waals surface area contributed by atoms with Crippen molar-refractivity contribution < 1.29 is 9.47 Å². The van der Waals surface area contributed by atoms with Crippen molar-refractivity contribution in [3.05, 3.63) is 34.8 Å². The normalized spacial score (nSPS) is 10.6. The van der Waals surface area contributed by atoms with E-state index < -0.39 is 0 Å². The van der Waals surface area contributed by atoms with E-state index in [1.165, 1.54) is 0 Å². The molecule has 0 aliphatic carbocycles. The van der Waals surface area contributed by atoms with Crippen LogP contribution in [-0.4, -0.2) is 20.3 Å². The minimum Gasteiger partial charge on any atom is -0.497 e. The predicted octanol–water partition coefficient (Wildman–Crippen LogP) is 2.35. The summed E-state index contributed by atoms with van der Waals surface area (Å²) in [4.78, 5) is 0. The third kappa shape index (κ3) is 3.93. The fraction of sp³-hybridized carbons (Fsp3) is 0.273. The first-order valence-corrected chi connectivity index (χ1v) is 5.38. The summed E-state index contributed by atoms with van der Waals surface area (Å²) in [7, 11) is 1.63. The molecule has 2 N–H and O–H groups in total. The van der Waals surface area contributed by atoms with Gasteiger partial charge in [-0.05, 0) is 34.1 Å². The molecule has 0 saturated heterocycles. The Bertz CT molecular complexity index is 339. The molecule has 0 atom stereocenters. The van der Waals surface area contributed by atoms with Gasteiger partial charge < -0.3 is 15.2 Å². The molecule has 0 heterocycles. The molecule has 0 unspecified atom stereocenters. The second kappa shape index (κ2) is 6.48. The molecular weight excluding hydrogens is 258 g/mol. The quantitative estimate of drug-likeness (QED) is 0.837. The van der Waals surface area contributed by atoms with Crippen LogP contribution in [0, 0.1) is 0 Å². The molecule has 1 aromatic carbocycles.